The van der Waals surface area contributed by atoms with Gasteiger partial charge in [-0.3, -0.25) is 9.89 Å². The molecule has 1 amide bonds. The van der Waals surface area contributed by atoms with Gasteiger partial charge in [0.15, 0.2) is 0 Å². The van der Waals surface area contributed by atoms with E-state index in [0.717, 1.165) is 11.3 Å². The molecule has 0 saturated carbocycles. The van der Waals surface area contributed by atoms with Crippen LogP contribution >= 0.6 is 0 Å². The Morgan fingerprint density at radius 3 is 2.82 bits per heavy atom. The number of benzene rings is 1. The Balaban J connectivity index is 1.67. The Kier molecular flexibility index (Phi) is 3.82. The van der Waals surface area contributed by atoms with E-state index in [1.54, 1.807) is 12.3 Å². The lowest BCUT2D eigenvalue weighted by Crippen LogP contribution is -2.17. The normalized spacial score (nSPS) is 11.0. The smallest absolute Gasteiger partial charge is 0.289 e. The van der Waals surface area contributed by atoms with E-state index in [0.29, 0.717) is 11.4 Å². The van der Waals surface area contributed by atoms with Gasteiger partial charge in [0, 0.05) is 13.2 Å². The van der Waals surface area contributed by atoms with E-state index in [1.807, 2.05) is 60.3 Å². The van der Waals surface area contributed by atoms with Gasteiger partial charge in [-0.15, -0.1) is 0 Å². The van der Waals surface area contributed by atoms with Gasteiger partial charge in [-0.2, -0.15) is 10.2 Å². The summed E-state index contributed by atoms with van der Waals surface area (Å²) in [7, 11) is 1.92. The minimum absolute atomic E-state index is 0.333. The predicted molar refractivity (Wildman–Crippen MR) is 84.5 cm³/mol. The van der Waals surface area contributed by atoms with Gasteiger partial charge in [0.05, 0.1) is 11.9 Å². The molecule has 0 aliphatic rings. The van der Waals surface area contributed by atoms with Gasteiger partial charge in [-0.1, -0.05) is 30.3 Å². The summed E-state index contributed by atoms with van der Waals surface area (Å²) in [5, 5.41) is 10.8. The molecule has 0 aliphatic heterocycles. The Bertz CT molecular complexity index is 801. The van der Waals surface area contributed by atoms with Gasteiger partial charge in [-0.05, 0) is 23.8 Å². The summed E-state index contributed by atoms with van der Waals surface area (Å²) in [6.45, 7) is 0. The molecule has 6 nitrogen and oxygen atoms in total. The van der Waals surface area contributed by atoms with Crippen molar-refractivity contribution >= 4 is 12.1 Å². The molecule has 0 radical (unpaired) electrons. The number of carbonyl (C=O) groups is 1. The molecular formula is C16H15N5O. The van der Waals surface area contributed by atoms with Crippen molar-refractivity contribution in [2.24, 2.45) is 12.1 Å². The van der Waals surface area contributed by atoms with E-state index >= 15 is 0 Å². The Hall–Kier alpha value is -3.15. The van der Waals surface area contributed by atoms with Gasteiger partial charge >= 0.3 is 0 Å². The number of carbonyl (C=O) groups excluding carboxylic acids is 1. The molecule has 0 bridgehead atoms. The number of aromatic amines is 1. The highest BCUT2D eigenvalue weighted by Crippen LogP contribution is 2.17. The minimum atomic E-state index is -0.333. The Morgan fingerprint density at radius 2 is 2.09 bits per heavy atom. The van der Waals surface area contributed by atoms with E-state index in [2.05, 4.69) is 20.7 Å². The average Bonchev–Trinajstić information content (AvgIpc) is 3.17. The SMILES string of the molecule is Cn1cccc1-c1cc(C(=O)N/N=C\c2ccccc2)[nH]n1. The lowest BCUT2D eigenvalue weighted by atomic mass is 10.2. The maximum absolute atomic E-state index is 12.0. The first-order valence-corrected chi connectivity index (χ1v) is 6.79. The molecule has 2 heterocycles. The lowest BCUT2D eigenvalue weighted by molar-refractivity contribution is 0.0950. The highest BCUT2D eigenvalue weighted by molar-refractivity contribution is 5.94. The van der Waals surface area contributed by atoms with Crippen LogP contribution in [0.1, 0.15) is 16.1 Å². The number of hydrogen-bond acceptors (Lipinski definition) is 3. The molecule has 0 aliphatic carbocycles. The predicted octanol–water partition coefficient (Wildman–Crippen LogP) is 2.18. The summed E-state index contributed by atoms with van der Waals surface area (Å²) in [5.41, 5.74) is 5.40. The molecule has 3 rings (SSSR count). The molecule has 0 atom stereocenters. The van der Waals surface area contributed by atoms with Crippen LogP contribution in [0.25, 0.3) is 11.4 Å². The number of aromatic nitrogens is 3. The molecule has 2 aromatic heterocycles. The molecule has 0 spiro atoms. The summed E-state index contributed by atoms with van der Waals surface area (Å²) in [4.78, 5) is 12.0. The van der Waals surface area contributed by atoms with Crippen molar-refractivity contribution in [3.8, 4) is 11.4 Å². The van der Waals surface area contributed by atoms with Crippen molar-refractivity contribution in [3.63, 3.8) is 0 Å². The Labute approximate surface area is 127 Å². The van der Waals surface area contributed by atoms with Crippen LogP contribution in [0.15, 0.2) is 59.8 Å². The van der Waals surface area contributed by atoms with Crippen molar-refractivity contribution in [2.75, 3.05) is 0 Å². The highest BCUT2D eigenvalue weighted by atomic mass is 16.2. The monoisotopic (exact) mass is 293 g/mol. The quantitative estimate of drug-likeness (QED) is 0.571. The molecule has 110 valence electrons. The molecule has 2 N–H and O–H groups in total. The van der Waals surface area contributed by atoms with Crippen LogP contribution in [-0.4, -0.2) is 26.9 Å². The number of nitrogens with one attached hydrogen (secondary N) is 2. The molecule has 0 fully saturated rings. The Morgan fingerprint density at radius 1 is 1.27 bits per heavy atom. The van der Waals surface area contributed by atoms with Gasteiger partial charge < -0.3 is 4.57 Å². The molecule has 1 aromatic carbocycles. The van der Waals surface area contributed by atoms with Crippen molar-refractivity contribution in [3.05, 3.63) is 66.0 Å². The number of aryl methyl sites for hydroxylation is 1. The van der Waals surface area contributed by atoms with Crippen LogP contribution in [0, 0.1) is 0 Å². The summed E-state index contributed by atoms with van der Waals surface area (Å²) in [5.74, 6) is -0.333. The first-order chi connectivity index (χ1) is 10.7. The van der Waals surface area contributed by atoms with Crippen LogP contribution in [0.3, 0.4) is 0 Å². The van der Waals surface area contributed by atoms with E-state index in [1.165, 1.54) is 0 Å². The minimum Gasteiger partial charge on any atom is -0.349 e. The maximum atomic E-state index is 12.0. The zero-order chi connectivity index (χ0) is 15.4. The third-order valence-corrected chi connectivity index (χ3v) is 3.21. The number of H-pyrrole nitrogens is 1. The molecule has 0 unspecified atom stereocenters. The zero-order valence-corrected chi connectivity index (χ0v) is 12.0. The second-order valence-electron chi connectivity index (χ2n) is 4.78. The maximum Gasteiger partial charge on any atom is 0.289 e. The van der Waals surface area contributed by atoms with Crippen molar-refractivity contribution in [2.45, 2.75) is 0 Å². The fraction of sp³-hybridized carbons (Fsp3) is 0.0625. The van der Waals surface area contributed by atoms with Crippen molar-refractivity contribution in [1.29, 1.82) is 0 Å². The number of amides is 1. The molecular weight excluding hydrogens is 278 g/mol. The summed E-state index contributed by atoms with van der Waals surface area (Å²) in [6.07, 6.45) is 3.51. The van der Waals surface area contributed by atoms with Crippen LogP contribution in [0.2, 0.25) is 0 Å². The first-order valence-electron chi connectivity index (χ1n) is 6.79. The molecule has 22 heavy (non-hydrogen) atoms. The second kappa shape index (κ2) is 6.09. The standard InChI is InChI=1S/C16H15N5O/c1-21-9-5-8-15(21)13-10-14(19-18-13)16(22)20-17-11-12-6-3-2-4-7-12/h2-11H,1H3,(H,18,19)(H,20,22)/b17-11-. The van der Waals surface area contributed by atoms with Gasteiger partial charge in [0.25, 0.3) is 5.91 Å². The zero-order valence-electron chi connectivity index (χ0n) is 12.0. The largest absolute Gasteiger partial charge is 0.349 e. The van der Waals surface area contributed by atoms with Gasteiger partial charge in [0.2, 0.25) is 0 Å². The fourth-order valence-electron chi connectivity index (χ4n) is 2.06. The third kappa shape index (κ3) is 2.95. The van der Waals surface area contributed by atoms with E-state index in [4.69, 9.17) is 0 Å². The van der Waals surface area contributed by atoms with E-state index in [9.17, 15) is 4.79 Å². The van der Waals surface area contributed by atoms with Crippen LogP contribution in [0.4, 0.5) is 0 Å². The number of hydrogen-bond donors (Lipinski definition) is 2. The molecule has 0 saturated heterocycles. The van der Waals surface area contributed by atoms with E-state index in [-0.39, 0.29) is 5.91 Å². The molecule has 3 aromatic rings. The van der Waals surface area contributed by atoms with Crippen molar-refractivity contribution in [1.82, 2.24) is 20.2 Å². The summed E-state index contributed by atoms with van der Waals surface area (Å²) < 4.78 is 1.94. The van der Waals surface area contributed by atoms with Crippen LogP contribution in [0.5, 0.6) is 0 Å². The third-order valence-electron chi connectivity index (χ3n) is 3.21. The van der Waals surface area contributed by atoms with Crippen LogP contribution in [-0.2, 0) is 7.05 Å². The number of rotatable bonds is 4. The van der Waals surface area contributed by atoms with Crippen molar-refractivity contribution < 1.29 is 4.79 Å². The number of hydrazone groups is 1. The fourth-order valence-corrected chi connectivity index (χ4v) is 2.06. The lowest BCUT2D eigenvalue weighted by Gasteiger charge is -1.97. The topological polar surface area (TPSA) is 75.1 Å². The summed E-state index contributed by atoms with van der Waals surface area (Å²) >= 11 is 0. The summed E-state index contributed by atoms with van der Waals surface area (Å²) in [6, 6.07) is 15.1. The average molecular weight is 293 g/mol. The first kappa shape index (κ1) is 13.8. The highest BCUT2D eigenvalue weighted by Gasteiger charge is 2.11. The second-order valence-corrected chi connectivity index (χ2v) is 4.78. The molecule has 6 heteroatoms. The van der Waals surface area contributed by atoms with Gasteiger partial charge in [-0.25, -0.2) is 5.43 Å². The van der Waals surface area contributed by atoms with Crippen LogP contribution < -0.4 is 5.43 Å². The van der Waals surface area contributed by atoms with E-state index < -0.39 is 0 Å². The van der Waals surface area contributed by atoms with Gasteiger partial charge in [0.1, 0.15) is 11.4 Å². The number of nitrogens with zero attached hydrogens (tertiary/aromatic N) is 3.